The van der Waals surface area contributed by atoms with Gasteiger partial charge in [-0.1, -0.05) is 13.8 Å². The first-order chi connectivity index (χ1) is 12.0. The van der Waals surface area contributed by atoms with Crippen molar-refractivity contribution in [2.75, 3.05) is 5.32 Å². The van der Waals surface area contributed by atoms with Crippen molar-refractivity contribution in [2.45, 2.75) is 26.7 Å². The smallest absolute Gasteiger partial charge is 0.168 e. The number of aromatic nitrogens is 6. The molecule has 1 aliphatic rings. The summed E-state index contributed by atoms with van der Waals surface area (Å²) in [6, 6.07) is 3.60. The van der Waals surface area contributed by atoms with Crippen molar-refractivity contribution in [2.24, 2.45) is 5.41 Å². The largest absolute Gasteiger partial charge is 0.323 e. The second kappa shape index (κ2) is 5.73. The zero-order valence-electron chi connectivity index (χ0n) is 14.0. The molecule has 126 valence electrons. The summed E-state index contributed by atoms with van der Waals surface area (Å²) < 4.78 is 1.76. The van der Waals surface area contributed by atoms with Gasteiger partial charge in [-0.3, -0.25) is 9.36 Å². The van der Waals surface area contributed by atoms with Gasteiger partial charge in [0.25, 0.3) is 0 Å². The van der Waals surface area contributed by atoms with Gasteiger partial charge in [0.1, 0.15) is 18.5 Å². The Morgan fingerprint density at radius 2 is 2.04 bits per heavy atom. The molecule has 0 fully saturated rings. The molecule has 8 heteroatoms. The van der Waals surface area contributed by atoms with E-state index in [0.717, 1.165) is 12.1 Å². The minimum Gasteiger partial charge on any atom is -0.323 e. The number of rotatable bonds is 3. The molecule has 1 aliphatic carbocycles. The number of hydrogen-bond donors (Lipinski definition) is 1. The predicted octanol–water partition coefficient (Wildman–Crippen LogP) is 2.35. The second-order valence-corrected chi connectivity index (χ2v) is 6.86. The Morgan fingerprint density at radius 1 is 1.16 bits per heavy atom. The fourth-order valence-electron chi connectivity index (χ4n) is 3.03. The number of hydrogen-bond acceptors (Lipinski definition) is 7. The molecule has 3 aromatic rings. The fourth-order valence-corrected chi connectivity index (χ4v) is 3.03. The number of ketones is 1. The van der Waals surface area contributed by atoms with Crippen LogP contribution in [0.1, 0.15) is 36.3 Å². The summed E-state index contributed by atoms with van der Waals surface area (Å²) in [6.45, 7) is 4.15. The summed E-state index contributed by atoms with van der Waals surface area (Å²) in [7, 11) is 0. The van der Waals surface area contributed by atoms with Crippen molar-refractivity contribution in [3.8, 4) is 5.82 Å². The third kappa shape index (κ3) is 2.98. The number of Topliss-reactive ketones (excluding diaryl/α,β-unsaturated/α-hetero) is 1. The maximum Gasteiger partial charge on any atom is 0.168 e. The standard InChI is InChI=1S/C17H17N7O/c1-17(2)7-11-15(12(25)8-17)16(20-9-19-11)21-13-3-4-14(23-22-13)24-6-5-18-10-24/h3-6,9-10H,7-8H2,1-2H3,(H,19,20,21,22). The number of carbonyl (C=O) groups excluding carboxylic acids is 1. The Balaban J connectivity index is 1.63. The van der Waals surface area contributed by atoms with E-state index < -0.39 is 0 Å². The molecule has 0 saturated carbocycles. The van der Waals surface area contributed by atoms with E-state index in [-0.39, 0.29) is 11.2 Å². The molecule has 0 bridgehead atoms. The average molecular weight is 335 g/mol. The average Bonchev–Trinajstić information content (AvgIpc) is 3.08. The molecule has 0 aliphatic heterocycles. The third-order valence-corrected chi connectivity index (χ3v) is 4.16. The molecule has 0 unspecified atom stereocenters. The first-order valence-corrected chi connectivity index (χ1v) is 7.98. The van der Waals surface area contributed by atoms with Gasteiger partial charge in [-0.2, -0.15) is 0 Å². The normalized spacial score (nSPS) is 15.7. The summed E-state index contributed by atoms with van der Waals surface area (Å²) in [5, 5.41) is 11.4. The Morgan fingerprint density at radius 3 is 2.76 bits per heavy atom. The first-order valence-electron chi connectivity index (χ1n) is 7.98. The van der Waals surface area contributed by atoms with E-state index in [1.807, 2.05) is 6.07 Å². The lowest BCUT2D eigenvalue weighted by Crippen LogP contribution is -2.29. The summed E-state index contributed by atoms with van der Waals surface area (Å²) in [4.78, 5) is 25.1. The molecule has 3 aromatic heterocycles. The van der Waals surface area contributed by atoms with Crippen LogP contribution in [-0.4, -0.2) is 35.5 Å². The number of fused-ring (bicyclic) bond motifs is 1. The van der Waals surface area contributed by atoms with Crippen molar-refractivity contribution in [3.05, 3.63) is 48.4 Å². The zero-order chi connectivity index (χ0) is 17.4. The Kier molecular flexibility index (Phi) is 3.52. The van der Waals surface area contributed by atoms with Crippen LogP contribution in [0, 0.1) is 5.41 Å². The minimum atomic E-state index is -0.0814. The summed E-state index contributed by atoms with van der Waals surface area (Å²) in [5.74, 6) is 1.71. The SMILES string of the molecule is CC1(C)CC(=O)c2c(ncnc2Nc2ccc(-n3ccnc3)nn2)C1. The molecule has 0 atom stereocenters. The molecule has 0 radical (unpaired) electrons. The minimum absolute atomic E-state index is 0.0531. The van der Waals surface area contributed by atoms with Crippen LogP contribution >= 0.6 is 0 Å². The number of carbonyl (C=O) groups is 1. The van der Waals surface area contributed by atoms with Crippen LogP contribution < -0.4 is 5.32 Å². The van der Waals surface area contributed by atoms with E-state index in [0.29, 0.717) is 29.4 Å². The lowest BCUT2D eigenvalue weighted by Gasteiger charge is -2.29. The van der Waals surface area contributed by atoms with Crippen LogP contribution in [0.4, 0.5) is 11.6 Å². The maximum atomic E-state index is 12.6. The van der Waals surface area contributed by atoms with Crippen molar-refractivity contribution < 1.29 is 4.79 Å². The number of nitrogens with zero attached hydrogens (tertiary/aromatic N) is 6. The van der Waals surface area contributed by atoms with Gasteiger partial charge in [0.05, 0.1) is 11.3 Å². The monoisotopic (exact) mass is 335 g/mol. The lowest BCUT2D eigenvalue weighted by molar-refractivity contribution is 0.0911. The van der Waals surface area contributed by atoms with Crippen molar-refractivity contribution >= 4 is 17.4 Å². The highest BCUT2D eigenvalue weighted by molar-refractivity contribution is 6.03. The predicted molar refractivity (Wildman–Crippen MR) is 90.9 cm³/mol. The van der Waals surface area contributed by atoms with Gasteiger partial charge in [0.15, 0.2) is 17.4 Å². The Bertz CT molecular complexity index is 917. The third-order valence-electron chi connectivity index (χ3n) is 4.16. The lowest BCUT2D eigenvalue weighted by atomic mass is 9.76. The molecule has 8 nitrogen and oxygen atoms in total. The van der Waals surface area contributed by atoms with Crippen LogP contribution in [0.25, 0.3) is 5.82 Å². The molecule has 0 spiro atoms. The van der Waals surface area contributed by atoms with Crippen molar-refractivity contribution in [1.29, 1.82) is 0 Å². The molecule has 0 aromatic carbocycles. The zero-order valence-corrected chi connectivity index (χ0v) is 14.0. The molecule has 1 N–H and O–H groups in total. The highest BCUT2D eigenvalue weighted by atomic mass is 16.1. The number of anilines is 2. The van der Waals surface area contributed by atoms with E-state index >= 15 is 0 Å². The van der Waals surface area contributed by atoms with E-state index in [2.05, 4.69) is 44.3 Å². The van der Waals surface area contributed by atoms with Crippen LogP contribution in [0.5, 0.6) is 0 Å². The molecular weight excluding hydrogens is 318 g/mol. The van der Waals surface area contributed by atoms with Crippen LogP contribution in [-0.2, 0) is 6.42 Å². The van der Waals surface area contributed by atoms with Gasteiger partial charge in [0.2, 0.25) is 0 Å². The van der Waals surface area contributed by atoms with E-state index in [4.69, 9.17) is 0 Å². The second-order valence-electron chi connectivity index (χ2n) is 6.86. The van der Waals surface area contributed by atoms with Crippen molar-refractivity contribution in [3.63, 3.8) is 0 Å². The molecule has 25 heavy (non-hydrogen) atoms. The van der Waals surface area contributed by atoms with Crippen LogP contribution in [0.3, 0.4) is 0 Å². The van der Waals surface area contributed by atoms with Gasteiger partial charge in [-0.15, -0.1) is 10.2 Å². The molecule has 0 saturated heterocycles. The van der Waals surface area contributed by atoms with Gasteiger partial charge >= 0.3 is 0 Å². The maximum absolute atomic E-state index is 12.6. The van der Waals surface area contributed by atoms with Gasteiger partial charge < -0.3 is 5.32 Å². The van der Waals surface area contributed by atoms with Gasteiger partial charge in [-0.25, -0.2) is 15.0 Å². The van der Waals surface area contributed by atoms with Gasteiger partial charge in [-0.05, 0) is 24.0 Å². The molecule has 0 amide bonds. The van der Waals surface area contributed by atoms with Crippen molar-refractivity contribution in [1.82, 2.24) is 29.7 Å². The molecule has 4 rings (SSSR count). The molecule has 3 heterocycles. The summed E-state index contributed by atoms with van der Waals surface area (Å²) in [5.41, 5.74) is 1.26. The highest BCUT2D eigenvalue weighted by Crippen LogP contribution is 2.36. The van der Waals surface area contributed by atoms with E-state index in [1.54, 1.807) is 29.4 Å². The molecular formula is C17H17N7O. The number of nitrogens with one attached hydrogen (secondary N) is 1. The quantitative estimate of drug-likeness (QED) is 0.784. The van der Waals surface area contributed by atoms with E-state index in [9.17, 15) is 4.79 Å². The Labute approximate surface area is 144 Å². The van der Waals surface area contributed by atoms with Gasteiger partial charge in [0, 0.05) is 18.8 Å². The summed E-state index contributed by atoms with van der Waals surface area (Å²) in [6.07, 6.45) is 7.82. The van der Waals surface area contributed by atoms with Crippen LogP contribution in [0.15, 0.2) is 37.2 Å². The first kappa shape index (κ1) is 15.4. The van der Waals surface area contributed by atoms with E-state index in [1.165, 1.54) is 6.33 Å². The Hall–Kier alpha value is -3.16. The van der Waals surface area contributed by atoms with Crippen LogP contribution in [0.2, 0.25) is 0 Å². The summed E-state index contributed by atoms with van der Waals surface area (Å²) >= 11 is 0. The topological polar surface area (TPSA) is 98.5 Å². The number of imidazole rings is 1. The highest BCUT2D eigenvalue weighted by Gasteiger charge is 2.34. The fraction of sp³-hybridized carbons (Fsp3) is 0.294.